The SMILES string of the molecule is C=C(Cl)CNC(=O)C1CCC(CCCC)CC1. The second kappa shape index (κ2) is 7.75. The molecule has 0 radical (unpaired) electrons. The molecule has 1 saturated carbocycles. The summed E-state index contributed by atoms with van der Waals surface area (Å²) >= 11 is 5.63. The zero-order valence-corrected chi connectivity index (χ0v) is 11.6. The van der Waals surface area contributed by atoms with Crippen molar-refractivity contribution in [2.24, 2.45) is 11.8 Å². The molecule has 1 aliphatic rings. The minimum Gasteiger partial charge on any atom is -0.351 e. The van der Waals surface area contributed by atoms with Crippen molar-refractivity contribution >= 4 is 17.5 Å². The van der Waals surface area contributed by atoms with Gasteiger partial charge >= 0.3 is 0 Å². The lowest BCUT2D eigenvalue weighted by Crippen LogP contribution is -2.33. The van der Waals surface area contributed by atoms with Crippen LogP contribution in [0.2, 0.25) is 0 Å². The van der Waals surface area contributed by atoms with Crippen LogP contribution in [0, 0.1) is 11.8 Å². The van der Waals surface area contributed by atoms with E-state index in [-0.39, 0.29) is 11.8 Å². The molecule has 98 valence electrons. The van der Waals surface area contributed by atoms with Crippen molar-refractivity contribution in [2.75, 3.05) is 6.54 Å². The number of hydrogen-bond acceptors (Lipinski definition) is 1. The summed E-state index contributed by atoms with van der Waals surface area (Å²) in [5.74, 6) is 1.20. The van der Waals surface area contributed by atoms with Crippen LogP contribution in [0.1, 0.15) is 51.9 Å². The molecule has 0 bridgehead atoms. The Kier molecular flexibility index (Phi) is 6.64. The average molecular weight is 258 g/mol. The van der Waals surface area contributed by atoms with Gasteiger partial charge in [0.1, 0.15) is 0 Å². The van der Waals surface area contributed by atoms with Gasteiger partial charge in [-0.25, -0.2) is 0 Å². The number of carbonyl (C=O) groups is 1. The molecular formula is C14H24ClNO. The lowest BCUT2D eigenvalue weighted by Gasteiger charge is -2.27. The zero-order chi connectivity index (χ0) is 12.7. The van der Waals surface area contributed by atoms with Crippen molar-refractivity contribution in [3.8, 4) is 0 Å². The van der Waals surface area contributed by atoms with Gasteiger partial charge in [0, 0.05) is 11.0 Å². The predicted octanol–water partition coefficient (Wildman–Crippen LogP) is 3.85. The van der Waals surface area contributed by atoms with Crippen LogP contribution >= 0.6 is 11.6 Å². The maximum atomic E-state index is 11.8. The summed E-state index contributed by atoms with van der Waals surface area (Å²) < 4.78 is 0. The van der Waals surface area contributed by atoms with Gasteiger partial charge in [0.25, 0.3) is 0 Å². The van der Waals surface area contributed by atoms with E-state index in [1.165, 1.54) is 32.1 Å². The normalized spacial score (nSPS) is 24.4. The molecular weight excluding hydrogens is 234 g/mol. The Morgan fingerprint density at radius 3 is 2.53 bits per heavy atom. The third-order valence-corrected chi connectivity index (χ3v) is 3.77. The Hall–Kier alpha value is -0.500. The molecule has 0 aromatic heterocycles. The van der Waals surface area contributed by atoms with Gasteiger partial charge in [0.05, 0.1) is 6.54 Å². The topological polar surface area (TPSA) is 29.1 Å². The number of amides is 1. The molecule has 1 N–H and O–H groups in total. The summed E-state index contributed by atoms with van der Waals surface area (Å²) in [6.45, 7) is 6.20. The van der Waals surface area contributed by atoms with Gasteiger partial charge < -0.3 is 5.32 Å². The highest BCUT2D eigenvalue weighted by molar-refractivity contribution is 6.29. The molecule has 17 heavy (non-hydrogen) atoms. The van der Waals surface area contributed by atoms with Gasteiger partial charge in [-0.1, -0.05) is 44.4 Å². The van der Waals surface area contributed by atoms with E-state index in [0.717, 1.165) is 18.8 Å². The molecule has 0 saturated heterocycles. The van der Waals surface area contributed by atoms with Gasteiger partial charge in [-0.2, -0.15) is 0 Å². The highest BCUT2D eigenvalue weighted by Gasteiger charge is 2.25. The molecule has 1 amide bonds. The summed E-state index contributed by atoms with van der Waals surface area (Å²) in [5, 5.41) is 3.33. The monoisotopic (exact) mass is 257 g/mol. The first-order chi connectivity index (χ1) is 8.13. The molecule has 3 heteroatoms. The molecule has 0 aromatic carbocycles. The van der Waals surface area contributed by atoms with E-state index in [2.05, 4.69) is 18.8 Å². The highest BCUT2D eigenvalue weighted by atomic mass is 35.5. The third kappa shape index (κ3) is 5.58. The van der Waals surface area contributed by atoms with Crippen LogP contribution in [0.15, 0.2) is 11.6 Å². The fourth-order valence-corrected chi connectivity index (χ4v) is 2.60. The second-order valence-corrected chi connectivity index (χ2v) is 5.63. The maximum absolute atomic E-state index is 11.8. The Balaban J connectivity index is 2.21. The molecule has 0 spiro atoms. The number of hydrogen-bond donors (Lipinski definition) is 1. The average Bonchev–Trinajstić information content (AvgIpc) is 2.34. The van der Waals surface area contributed by atoms with Crippen molar-refractivity contribution < 1.29 is 4.79 Å². The van der Waals surface area contributed by atoms with Crippen LogP contribution in [0.3, 0.4) is 0 Å². The number of unbranched alkanes of at least 4 members (excludes halogenated alkanes) is 1. The number of nitrogens with one attached hydrogen (secondary N) is 1. The van der Waals surface area contributed by atoms with Gasteiger partial charge in [-0.05, 0) is 31.6 Å². The van der Waals surface area contributed by atoms with Gasteiger partial charge in [0.2, 0.25) is 5.91 Å². The second-order valence-electron chi connectivity index (χ2n) is 5.09. The van der Waals surface area contributed by atoms with E-state index >= 15 is 0 Å². The van der Waals surface area contributed by atoms with E-state index in [1.807, 2.05) is 0 Å². The van der Waals surface area contributed by atoms with Crippen molar-refractivity contribution in [1.82, 2.24) is 5.32 Å². The summed E-state index contributed by atoms with van der Waals surface area (Å²) in [6.07, 6.45) is 8.43. The fourth-order valence-electron chi connectivity index (χ4n) is 2.53. The Bertz CT molecular complexity index is 257. The van der Waals surface area contributed by atoms with Crippen molar-refractivity contribution in [2.45, 2.75) is 51.9 Å². The Labute approximate surface area is 110 Å². The van der Waals surface area contributed by atoms with Crippen molar-refractivity contribution in [1.29, 1.82) is 0 Å². The standard InChI is InChI=1S/C14H24ClNO/c1-3-4-5-12-6-8-13(9-7-12)14(17)16-10-11(2)15/h12-13H,2-10H2,1H3,(H,16,17). The first kappa shape index (κ1) is 14.6. The molecule has 2 nitrogen and oxygen atoms in total. The van der Waals surface area contributed by atoms with Crippen LogP contribution in [0.25, 0.3) is 0 Å². The number of halogens is 1. The van der Waals surface area contributed by atoms with Gasteiger partial charge in [-0.3, -0.25) is 4.79 Å². The van der Waals surface area contributed by atoms with E-state index in [1.54, 1.807) is 0 Å². The van der Waals surface area contributed by atoms with Crippen LogP contribution < -0.4 is 5.32 Å². The Morgan fingerprint density at radius 1 is 1.35 bits per heavy atom. The molecule has 0 aromatic rings. The van der Waals surface area contributed by atoms with E-state index in [4.69, 9.17) is 11.6 Å². The first-order valence-electron chi connectivity index (χ1n) is 6.74. The lowest BCUT2D eigenvalue weighted by atomic mass is 9.79. The van der Waals surface area contributed by atoms with E-state index in [9.17, 15) is 4.79 Å². The molecule has 1 aliphatic carbocycles. The summed E-state index contributed by atoms with van der Waals surface area (Å²) in [4.78, 5) is 11.8. The number of rotatable bonds is 6. The minimum absolute atomic E-state index is 0.153. The Morgan fingerprint density at radius 2 is 2.00 bits per heavy atom. The minimum atomic E-state index is 0.153. The highest BCUT2D eigenvalue weighted by Crippen LogP contribution is 2.31. The predicted molar refractivity (Wildman–Crippen MR) is 73.0 cm³/mol. The third-order valence-electron chi connectivity index (χ3n) is 3.64. The summed E-state index contributed by atoms with van der Waals surface area (Å²) in [7, 11) is 0. The van der Waals surface area contributed by atoms with Crippen LogP contribution in [0.4, 0.5) is 0 Å². The number of carbonyl (C=O) groups excluding carboxylic acids is 1. The summed E-state index contributed by atoms with van der Waals surface area (Å²) in [6, 6.07) is 0. The van der Waals surface area contributed by atoms with E-state index in [0.29, 0.717) is 11.6 Å². The molecule has 1 rings (SSSR count). The summed E-state index contributed by atoms with van der Waals surface area (Å²) in [5.41, 5.74) is 0. The maximum Gasteiger partial charge on any atom is 0.223 e. The smallest absolute Gasteiger partial charge is 0.223 e. The quantitative estimate of drug-likeness (QED) is 0.769. The zero-order valence-electron chi connectivity index (χ0n) is 10.8. The molecule has 0 atom stereocenters. The van der Waals surface area contributed by atoms with Gasteiger partial charge in [-0.15, -0.1) is 0 Å². The van der Waals surface area contributed by atoms with Crippen molar-refractivity contribution in [3.05, 3.63) is 11.6 Å². The lowest BCUT2D eigenvalue weighted by molar-refractivity contribution is -0.126. The fraction of sp³-hybridized carbons (Fsp3) is 0.786. The molecule has 0 unspecified atom stereocenters. The van der Waals surface area contributed by atoms with Gasteiger partial charge in [0.15, 0.2) is 0 Å². The van der Waals surface area contributed by atoms with Crippen LogP contribution in [-0.2, 0) is 4.79 Å². The van der Waals surface area contributed by atoms with E-state index < -0.39 is 0 Å². The van der Waals surface area contributed by atoms with Crippen molar-refractivity contribution in [3.63, 3.8) is 0 Å². The van der Waals surface area contributed by atoms with Crippen LogP contribution in [0.5, 0.6) is 0 Å². The first-order valence-corrected chi connectivity index (χ1v) is 7.12. The molecule has 1 fully saturated rings. The largest absolute Gasteiger partial charge is 0.351 e. The molecule has 0 aliphatic heterocycles. The molecule has 0 heterocycles. The van der Waals surface area contributed by atoms with Crippen LogP contribution in [-0.4, -0.2) is 12.5 Å².